The highest BCUT2D eigenvalue weighted by Crippen LogP contribution is 2.40. The molecule has 2 saturated carbocycles. The molecule has 4 heteroatoms. The molecule has 26 heavy (non-hydrogen) atoms. The molecule has 0 aliphatic heterocycles. The van der Waals surface area contributed by atoms with Gasteiger partial charge in [0.15, 0.2) is 0 Å². The van der Waals surface area contributed by atoms with E-state index in [0.717, 1.165) is 32.1 Å². The van der Waals surface area contributed by atoms with Crippen LogP contribution in [0.5, 0.6) is 0 Å². The first-order valence-electron chi connectivity index (χ1n) is 10.3. The molecule has 4 nitrogen and oxygen atoms in total. The highest BCUT2D eigenvalue weighted by atomic mass is 16.4. The van der Waals surface area contributed by atoms with Gasteiger partial charge in [-0.25, -0.2) is 0 Å². The quantitative estimate of drug-likeness (QED) is 0.424. The van der Waals surface area contributed by atoms with E-state index in [-0.39, 0.29) is 24.5 Å². The van der Waals surface area contributed by atoms with Crippen molar-refractivity contribution in [3.63, 3.8) is 0 Å². The number of carboxylic acids is 1. The standard InChI is InChI=1S/C22H36O4/c1-15-9-12-18(16(15)2)20(23)13-10-17-11-14-21(24)19(17)7-5-3-4-6-8-22(25)26/h3,5,10,13,15-21,23-24H,4,6-9,11-12,14H2,1-2H3,(H,25,26)/b5-3-,13-10+/t15?,16?,17-,18?,19+,20?,21-/m0/s1. The Kier molecular flexibility index (Phi) is 8.36. The fourth-order valence-corrected chi connectivity index (χ4v) is 4.67. The van der Waals surface area contributed by atoms with E-state index >= 15 is 0 Å². The van der Waals surface area contributed by atoms with Crippen molar-refractivity contribution in [2.75, 3.05) is 0 Å². The van der Waals surface area contributed by atoms with E-state index in [0.29, 0.717) is 30.1 Å². The molecule has 2 rings (SSSR count). The third kappa shape index (κ3) is 5.95. The molecular formula is C22H36O4. The van der Waals surface area contributed by atoms with E-state index in [9.17, 15) is 15.0 Å². The number of carboxylic acid groups (broad SMARTS) is 1. The van der Waals surface area contributed by atoms with Gasteiger partial charge in [0.2, 0.25) is 0 Å². The molecule has 148 valence electrons. The maximum Gasteiger partial charge on any atom is 0.303 e. The predicted molar refractivity (Wildman–Crippen MR) is 104 cm³/mol. The van der Waals surface area contributed by atoms with Gasteiger partial charge < -0.3 is 15.3 Å². The number of aliphatic hydroxyl groups is 2. The maximum atomic E-state index is 10.6. The van der Waals surface area contributed by atoms with E-state index in [2.05, 4.69) is 26.0 Å². The number of allylic oxidation sites excluding steroid dienone is 3. The monoisotopic (exact) mass is 364 g/mol. The number of rotatable bonds is 9. The minimum Gasteiger partial charge on any atom is -0.481 e. The van der Waals surface area contributed by atoms with Crippen molar-refractivity contribution in [1.29, 1.82) is 0 Å². The van der Waals surface area contributed by atoms with Gasteiger partial charge in [-0.15, -0.1) is 0 Å². The molecule has 0 amide bonds. The minimum atomic E-state index is -0.751. The molecule has 4 unspecified atom stereocenters. The summed E-state index contributed by atoms with van der Waals surface area (Å²) in [7, 11) is 0. The zero-order chi connectivity index (χ0) is 19.1. The van der Waals surface area contributed by atoms with Crippen LogP contribution in [0.2, 0.25) is 0 Å². The van der Waals surface area contributed by atoms with Gasteiger partial charge in [0.1, 0.15) is 0 Å². The number of aliphatic carboxylic acids is 1. The maximum absolute atomic E-state index is 10.6. The van der Waals surface area contributed by atoms with Gasteiger partial charge in [0.05, 0.1) is 12.2 Å². The lowest BCUT2D eigenvalue weighted by molar-refractivity contribution is -0.137. The van der Waals surface area contributed by atoms with Crippen LogP contribution in [0.15, 0.2) is 24.3 Å². The van der Waals surface area contributed by atoms with E-state index in [1.54, 1.807) is 0 Å². The van der Waals surface area contributed by atoms with Gasteiger partial charge in [-0.2, -0.15) is 0 Å². The summed E-state index contributed by atoms with van der Waals surface area (Å²) in [6.45, 7) is 4.52. The summed E-state index contributed by atoms with van der Waals surface area (Å²) in [6, 6.07) is 0. The molecule has 0 bridgehead atoms. The second-order valence-corrected chi connectivity index (χ2v) is 8.42. The summed E-state index contributed by atoms with van der Waals surface area (Å²) in [5.74, 6) is 1.38. The lowest BCUT2D eigenvalue weighted by atomic mass is 9.86. The molecular weight excluding hydrogens is 328 g/mol. The topological polar surface area (TPSA) is 77.8 Å². The Hall–Kier alpha value is -1.13. The number of carbonyl (C=O) groups is 1. The van der Waals surface area contributed by atoms with Crippen LogP contribution in [0.25, 0.3) is 0 Å². The minimum absolute atomic E-state index is 0.203. The Morgan fingerprint density at radius 1 is 1.15 bits per heavy atom. The van der Waals surface area contributed by atoms with Gasteiger partial charge in [0.25, 0.3) is 0 Å². The number of unbranched alkanes of at least 4 members (excludes halogenated alkanes) is 1. The summed E-state index contributed by atoms with van der Waals surface area (Å²) in [5, 5.41) is 29.5. The van der Waals surface area contributed by atoms with Gasteiger partial charge in [-0.05, 0) is 68.1 Å². The fraction of sp³-hybridized carbons (Fsp3) is 0.773. The first-order valence-corrected chi connectivity index (χ1v) is 10.3. The van der Waals surface area contributed by atoms with Gasteiger partial charge >= 0.3 is 5.97 Å². The Morgan fingerprint density at radius 3 is 2.58 bits per heavy atom. The van der Waals surface area contributed by atoms with Crippen LogP contribution in [0.1, 0.15) is 65.2 Å². The zero-order valence-corrected chi connectivity index (χ0v) is 16.3. The second-order valence-electron chi connectivity index (χ2n) is 8.42. The average molecular weight is 365 g/mol. The molecule has 2 fully saturated rings. The summed E-state index contributed by atoms with van der Waals surface area (Å²) < 4.78 is 0. The van der Waals surface area contributed by atoms with Gasteiger partial charge in [-0.1, -0.05) is 44.6 Å². The smallest absolute Gasteiger partial charge is 0.303 e. The van der Waals surface area contributed by atoms with Crippen LogP contribution in [0, 0.1) is 29.6 Å². The summed E-state index contributed by atoms with van der Waals surface area (Å²) in [4.78, 5) is 10.5. The number of hydrogen-bond donors (Lipinski definition) is 3. The van der Waals surface area contributed by atoms with E-state index in [4.69, 9.17) is 5.11 Å². The molecule has 2 aliphatic rings. The molecule has 0 saturated heterocycles. The van der Waals surface area contributed by atoms with Crippen molar-refractivity contribution in [1.82, 2.24) is 0 Å². The SMILES string of the molecule is CC1CCC(C(O)/C=C/[C@H]2CC[C@H](O)[C@@H]2C/C=C\CCCC(=O)O)C1C. The number of hydrogen-bond acceptors (Lipinski definition) is 3. The first-order chi connectivity index (χ1) is 12.4. The van der Waals surface area contributed by atoms with Crippen molar-refractivity contribution in [3.05, 3.63) is 24.3 Å². The molecule has 0 aromatic heterocycles. The zero-order valence-electron chi connectivity index (χ0n) is 16.3. The lowest BCUT2D eigenvalue weighted by Crippen LogP contribution is -2.23. The largest absolute Gasteiger partial charge is 0.481 e. The first kappa shape index (κ1) is 21.2. The molecule has 0 aromatic rings. The lowest BCUT2D eigenvalue weighted by Gasteiger charge is -2.23. The fourth-order valence-electron chi connectivity index (χ4n) is 4.67. The third-order valence-corrected chi connectivity index (χ3v) is 6.70. The van der Waals surface area contributed by atoms with Gasteiger partial charge in [-0.3, -0.25) is 4.79 Å². The van der Waals surface area contributed by atoms with Crippen LogP contribution in [0.4, 0.5) is 0 Å². The van der Waals surface area contributed by atoms with Crippen molar-refractivity contribution in [2.24, 2.45) is 29.6 Å². The Morgan fingerprint density at radius 2 is 1.92 bits per heavy atom. The van der Waals surface area contributed by atoms with E-state index in [1.807, 2.05) is 12.2 Å². The van der Waals surface area contributed by atoms with Crippen molar-refractivity contribution in [2.45, 2.75) is 77.4 Å². The summed E-state index contributed by atoms with van der Waals surface area (Å²) in [6.07, 6.45) is 14.1. The van der Waals surface area contributed by atoms with Crippen molar-refractivity contribution >= 4 is 5.97 Å². The molecule has 7 atom stereocenters. The molecule has 0 spiro atoms. The Bertz CT molecular complexity index is 498. The van der Waals surface area contributed by atoms with Crippen LogP contribution in [-0.4, -0.2) is 33.5 Å². The Balaban J connectivity index is 1.81. The van der Waals surface area contributed by atoms with Crippen LogP contribution in [0.3, 0.4) is 0 Å². The number of aliphatic hydroxyl groups excluding tert-OH is 2. The summed E-state index contributed by atoms with van der Waals surface area (Å²) in [5.41, 5.74) is 0. The average Bonchev–Trinajstić information content (AvgIpc) is 3.11. The van der Waals surface area contributed by atoms with Crippen molar-refractivity contribution in [3.8, 4) is 0 Å². The van der Waals surface area contributed by atoms with E-state index < -0.39 is 5.97 Å². The molecule has 0 aromatic carbocycles. The second kappa shape index (κ2) is 10.3. The Labute approximate surface area is 158 Å². The van der Waals surface area contributed by atoms with Crippen molar-refractivity contribution < 1.29 is 20.1 Å². The molecule has 0 heterocycles. The van der Waals surface area contributed by atoms with Crippen LogP contribution >= 0.6 is 0 Å². The predicted octanol–water partition coefficient (Wildman–Crippen LogP) is 4.17. The normalized spacial score (nSPS) is 36.3. The highest BCUT2D eigenvalue weighted by molar-refractivity contribution is 5.66. The van der Waals surface area contributed by atoms with Crippen LogP contribution in [-0.2, 0) is 4.79 Å². The summed E-state index contributed by atoms with van der Waals surface area (Å²) >= 11 is 0. The van der Waals surface area contributed by atoms with E-state index in [1.165, 1.54) is 6.42 Å². The third-order valence-electron chi connectivity index (χ3n) is 6.70. The molecule has 3 N–H and O–H groups in total. The highest BCUT2D eigenvalue weighted by Gasteiger charge is 2.35. The molecule has 2 aliphatic carbocycles. The van der Waals surface area contributed by atoms with Crippen LogP contribution < -0.4 is 0 Å². The van der Waals surface area contributed by atoms with Gasteiger partial charge in [0, 0.05) is 6.42 Å². The molecule has 0 radical (unpaired) electrons.